The third-order valence-corrected chi connectivity index (χ3v) is 5.24. The first-order chi connectivity index (χ1) is 14.7. The van der Waals surface area contributed by atoms with Crippen LogP contribution in [-0.2, 0) is 6.54 Å². The summed E-state index contributed by atoms with van der Waals surface area (Å²) in [5.74, 6) is 1.27. The molecule has 3 aromatic rings. The van der Waals surface area contributed by atoms with E-state index in [0.29, 0.717) is 19.0 Å². The maximum Gasteiger partial charge on any atom is 0.318 e. The minimum Gasteiger partial charge on any atom is -0.439 e. The average molecular weight is 402 g/mol. The van der Waals surface area contributed by atoms with Gasteiger partial charge in [-0.2, -0.15) is 0 Å². The standard InChI is InChI=1S/C24H26N4O2/c1-27-14-15-28(22(18-27)20-8-4-2-5-9-20)24(29)26-17-19-12-13-23(25-16-19)30-21-10-6-3-7-11-21/h2-13,16,22H,14-15,17-18H2,1H3,(H,26,29). The van der Waals surface area contributed by atoms with E-state index in [1.165, 1.54) is 0 Å². The summed E-state index contributed by atoms with van der Waals surface area (Å²) in [7, 11) is 2.09. The number of rotatable bonds is 5. The maximum absolute atomic E-state index is 12.9. The van der Waals surface area contributed by atoms with Gasteiger partial charge >= 0.3 is 6.03 Å². The van der Waals surface area contributed by atoms with Crippen LogP contribution in [0.1, 0.15) is 17.2 Å². The third-order valence-electron chi connectivity index (χ3n) is 5.24. The van der Waals surface area contributed by atoms with Crippen molar-refractivity contribution in [3.05, 3.63) is 90.1 Å². The van der Waals surface area contributed by atoms with Crippen LogP contribution in [0, 0.1) is 0 Å². The summed E-state index contributed by atoms with van der Waals surface area (Å²) in [5.41, 5.74) is 2.08. The Balaban J connectivity index is 1.36. The largest absolute Gasteiger partial charge is 0.439 e. The second-order valence-electron chi connectivity index (χ2n) is 7.46. The van der Waals surface area contributed by atoms with E-state index in [1.54, 1.807) is 6.20 Å². The van der Waals surface area contributed by atoms with Crippen molar-refractivity contribution in [3.63, 3.8) is 0 Å². The van der Waals surface area contributed by atoms with Crippen LogP contribution in [-0.4, -0.2) is 47.5 Å². The number of nitrogens with one attached hydrogen (secondary N) is 1. The molecule has 0 spiro atoms. The quantitative estimate of drug-likeness (QED) is 0.699. The number of hydrogen-bond acceptors (Lipinski definition) is 4. The summed E-state index contributed by atoms with van der Waals surface area (Å²) in [4.78, 5) is 21.5. The van der Waals surface area contributed by atoms with Crippen molar-refractivity contribution in [1.82, 2.24) is 20.1 Å². The van der Waals surface area contributed by atoms with Gasteiger partial charge in [-0.05, 0) is 30.3 Å². The average Bonchev–Trinajstić information content (AvgIpc) is 2.79. The van der Waals surface area contributed by atoms with E-state index >= 15 is 0 Å². The molecule has 6 nitrogen and oxygen atoms in total. The van der Waals surface area contributed by atoms with Crippen molar-refractivity contribution in [2.75, 3.05) is 26.7 Å². The van der Waals surface area contributed by atoms with Crippen molar-refractivity contribution < 1.29 is 9.53 Å². The number of likely N-dealkylation sites (N-methyl/N-ethyl adjacent to an activating group) is 1. The second-order valence-corrected chi connectivity index (χ2v) is 7.46. The Labute approximate surface area is 177 Å². The topological polar surface area (TPSA) is 57.7 Å². The molecule has 0 bridgehead atoms. The molecule has 1 fully saturated rings. The number of benzene rings is 2. The van der Waals surface area contributed by atoms with Crippen molar-refractivity contribution in [3.8, 4) is 11.6 Å². The first-order valence-electron chi connectivity index (χ1n) is 10.1. The smallest absolute Gasteiger partial charge is 0.318 e. The van der Waals surface area contributed by atoms with Gasteiger partial charge in [0.25, 0.3) is 0 Å². The van der Waals surface area contributed by atoms with Crippen LogP contribution < -0.4 is 10.1 Å². The van der Waals surface area contributed by atoms with Gasteiger partial charge < -0.3 is 19.9 Å². The molecule has 1 aromatic heterocycles. The molecular formula is C24H26N4O2. The zero-order valence-corrected chi connectivity index (χ0v) is 17.1. The SMILES string of the molecule is CN1CCN(C(=O)NCc2ccc(Oc3ccccc3)nc2)C(c2ccccc2)C1. The lowest BCUT2D eigenvalue weighted by molar-refractivity contribution is 0.108. The highest BCUT2D eigenvalue weighted by molar-refractivity contribution is 5.75. The normalized spacial score (nSPS) is 16.8. The maximum atomic E-state index is 12.9. The van der Waals surface area contributed by atoms with Crippen molar-refractivity contribution in [1.29, 1.82) is 0 Å². The molecule has 2 heterocycles. The summed E-state index contributed by atoms with van der Waals surface area (Å²) in [6, 6.07) is 23.5. The summed E-state index contributed by atoms with van der Waals surface area (Å²) >= 11 is 0. The third kappa shape index (κ3) is 4.96. The van der Waals surface area contributed by atoms with Crippen molar-refractivity contribution >= 4 is 6.03 Å². The number of hydrogen-bond donors (Lipinski definition) is 1. The zero-order chi connectivity index (χ0) is 20.8. The molecule has 0 saturated carbocycles. The second kappa shape index (κ2) is 9.41. The molecule has 0 aliphatic carbocycles. The molecule has 1 aliphatic heterocycles. The highest BCUT2D eigenvalue weighted by Gasteiger charge is 2.30. The molecule has 0 radical (unpaired) electrons. The Morgan fingerprint density at radius 3 is 2.47 bits per heavy atom. The Hall–Kier alpha value is -3.38. The van der Waals surface area contributed by atoms with E-state index in [9.17, 15) is 4.79 Å². The first kappa shape index (κ1) is 19.9. The molecule has 6 heteroatoms. The molecule has 1 saturated heterocycles. The molecule has 154 valence electrons. The minimum atomic E-state index is -0.0541. The number of nitrogens with zero attached hydrogens (tertiary/aromatic N) is 3. The van der Waals surface area contributed by atoms with Crippen LogP contribution >= 0.6 is 0 Å². The highest BCUT2D eigenvalue weighted by atomic mass is 16.5. The van der Waals surface area contributed by atoms with Crippen LogP contribution in [0.25, 0.3) is 0 Å². The Bertz CT molecular complexity index is 948. The molecule has 2 aromatic carbocycles. The van der Waals surface area contributed by atoms with E-state index in [2.05, 4.69) is 34.4 Å². The zero-order valence-electron chi connectivity index (χ0n) is 17.1. The minimum absolute atomic E-state index is 0.0460. The molecule has 1 atom stereocenters. The van der Waals surface area contributed by atoms with Gasteiger partial charge in [0.05, 0.1) is 6.04 Å². The fraction of sp³-hybridized carbons (Fsp3) is 0.250. The van der Waals surface area contributed by atoms with Crippen LogP contribution in [0.5, 0.6) is 11.6 Å². The number of carbonyl (C=O) groups excluding carboxylic acids is 1. The van der Waals surface area contributed by atoms with E-state index < -0.39 is 0 Å². The Kier molecular flexibility index (Phi) is 6.25. The van der Waals surface area contributed by atoms with Gasteiger partial charge in [0, 0.05) is 38.4 Å². The highest BCUT2D eigenvalue weighted by Crippen LogP contribution is 2.25. The number of urea groups is 1. The van der Waals surface area contributed by atoms with Gasteiger partial charge in [0.15, 0.2) is 0 Å². The molecule has 30 heavy (non-hydrogen) atoms. The van der Waals surface area contributed by atoms with Crippen LogP contribution in [0.2, 0.25) is 0 Å². The van der Waals surface area contributed by atoms with E-state index in [0.717, 1.165) is 30.0 Å². The van der Waals surface area contributed by atoms with E-state index in [1.807, 2.05) is 65.6 Å². The summed E-state index contributed by atoms with van der Waals surface area (Å²) in [6.07, 6.45) is 1.73. The Morgan fingerprint density at radius 2 is 1.77 bits per heavy atom. The van der Waals surface area contributed by atoms with Crippen LogP contribution in [0.15, 0.2) is 79.0 Å². The molecule has 2 amide bonds. The van der Waals surface area contributed by atoms with Crippen LogP contribution in [0.3, 0.4) is 0 Å². The number of amides is 2. The first-order valence-corrected chi connectivity index (χ1v) is 10.1. The van der Waals surface area contributed by atoms with Gasteiger partial charge in [0.1, 0.15) is 5.75 Å². The number of ether oxygens (including phenoxy) is 1. The fourth-order valence-corrected chi connectivity index (χ4v) is 3.59. The van der Waals surface area contributed by atoms with Crippen LogP contribution in [0.4, 0.5) is 4.79 Å². The van der Waals surface area contributed by atoms with Crippen molar-refractivity contribution in [2.45, 2.75) is 12.6 Å². The summed E-state index contributed by atoms with van der Waals surface area (Å²) in [5, 5.41) is 3.04. The van der Waals surface area contributed by atoms with Gasteiger partial charge in [0.2, 0.25) is 5.88 Å². The Morgan fingerprint density at radius 1 is 1.03 bits per heavy atom. The van der Waals surface area contributed by atoms with Gasteiger partial charge in [-0.15, -0.1) is 0 Å². The van der Waals surface area contributed by atoms with E-state index in [-0.39, 0.29) is 12.1 Å². The monoisotopic (exact) mass is 402 g/mol. The molecular weight excluding hydrogens is 376 g/mol. The lowest BCUT2D eigenvalue weighted by Gasteiger charge is -2.40. The number of carbonyl (C=O) groups is 1. The molecule has 1 aliphatic rings. The van der Waals surface area contributed by atoms with Gasteiger partial charge in [-0.25, -0.2) is 9.78 Å². The molecule has 1 unspecified atom stereocenters. The summed E-state index contributed by atoms with van der Waals surface area (Å²) in [6.45, 7) is 2.81. The van der Waals surface area contributed by atoms with Gasteiger partial charge in [-0.3, -0.25) is 0 Å². The molecule has 1 N–H and O–H groups in total. The predicted octanol–water partition coefficient (Wildman–Crippen LogP) is 4.07. The molecule has 4 rings (SSSR count). The lowest BCUT2D eigenvalue weighted by atomic mass is 10.0. The number of para-hydroxylation sites is 1. The van der Waals surface area contributed by atoms with Gasteiger partial charge in [-0.1, -0.05) is 54.6 Å². The number of aromatic nitrogens is 1. The number of pyridine rings is 1. The summed E-state index contributed by atoms with van der Waals surface area (Å²) < 4.78 is 5.72. The van der Waals surface area contributed by atoms with Crippen molar-refractivity contribution in [2.24, 2.45) is 0 Å². The fourth-order valence-electron chi connectivity index (χ4n) is 3.59. The number of piperazine rings is 1. The van der Waals surface area contributed by atoms with E-state index in [4.69, 9.17) is 4.74 Å². The predicted molar refractivity (Wildman–Crippen MR) is 116 cm³/mol. The lowest BCUT2D eigenvalue weighted by Crippen LogP contribution is -2.52.